The molecular weight excluding hydrogens is 259 g/mol. The highest BCUT2D eigenvalue weighted by Crippen LogP contribution is 2.33. The molecule has 1 aliphatic carbocycles. The van der Waals surface area contributed by atoms with E-state index in [9.17, 15) is 4.39 Å². The summed E-state index contributed by atoms with van der Waals surface area (Å²) >= 11 is 5.70. The molecule has 0 amide bonds. The molecule has 0 aliphatic heterocycles. The predicted octanol–water partition coefficient (Wildman–Crippen LogP) is 6.02. The summed E-state index contributed by atoms with van der Waals surface area (Å²) in [5, 5.41) is 0.226. The van der Waals surface area contributed by atoms with Crippen LogP contribution in [0.5, 0.6) is 0 Å². The first-order valence-electron chi connectivity index (χ1n) is 7.63. The van der Waals surface area contributed by atoms with E-state index in [1.807, 2.05) is 6.07 Å². The number of halogens is 2. The fourth-order valence-electron chi connectivity index (χ4n) is 3.28. The standard InChI is InChI=1S/C17H24ClF/c1-2-3-13-4-6-14(7-5-13)8-9-15-10-11-16(18)17(19)12-15/h10-14H,2-9H2,1H3. The lowest BCUT2D eigenvalue weighted by molar-refractivity contribution is 0.252. The lowest BCUT2D eigenvalue weighted by atomic mass is 9.78. The molecule has 0 bridgehead atoms. The zero-order valence-electron chi connectivity index (χ0n) is 11.8. The third-order valence-electron chi connectivity index (χ3n) is 4.49. The molecule has 0 aromatic heterocycles. The zero-order valence-corrected chi connectivity index (χ0v) is 12.6. The average molecular weight is 283 g/mol. The van der Waals surface area contributed by atoms with Gasteiger partial charge in [0.1, 0.15) is 5.82 Å². The second-order valence-electron chi connectivity index (χ2n) is 5.96. The molecule has 1 saturated carbocycles. The Morgan fingerprint density at radius 1 is 1.11 bits per heavy atom. The van der Waals surface area contributed by atoms with E-state index in [0.717, 1.165) is 23.8 Å². The van der Waals surface area contributed by atoms with Crippen molar-refractivity contribution < 1.29 is 4.39 Å². The maximum atomic E-state index is 13.3. The highest BCUT2D eigenvalue weighted by Gasteiger charge is 2.20. The Kier molecular flexibility index (Phi) is 5.69. The van der Waals surface area contributed by atoms with Gasteiger partial charge in [-0.1, -0.05) is 63.1 Å². The van der Waals surface area contributed by atoms with Crippen molar-refractivity contribution in [1.29, 1.82) is 0 Å². The Bertz CT molecular complexity index is 394. The monoisotopic (exact) mass is 282 g/mol. The topological polar surface area (TPSA) is 0 Å². The van der Waals surface area contributed by atoms with Crippen molar-refractivity contribution >= 4 is 11.6 Å². The Morgan fingerprint density at radius 3 is 2.32 bits per heavy atom. The summed E-state index contributed by atoms with van der Waals surface area (Å²) in [7, 11) is 0. The van der Waals surface area contributed by atoms with Crippen LogP contribution in [0.1, 0.15) is 57.4 Å². The zero-order chi connectivity index (χ0) is 13.7. The summed E-state index contributed by atoms with van der Waals surface area (Å²) in [6.45, 7) is 2.28. The summed E-state index contributed by atoms with van der Waals surface area (Å²) in [6, 6.07) is 5.21. The van der Waals surface area contributed by atoms with E-state index in [0.29, 0.717) is 0 Å². The fraction of sp³-hybridized carbons (Fsp3) is 0.647. The van der Waals surface area contributed by atoms with Gasteiger partial charge in [0.25, 0.3) is 0 Å². The number of rotatable bonds is 5. The molecule has 0 spiro atoms. The molecular formula is C17H24ClF. The van der Waals surface area contributed by atoms with Crippen molar-refractivity contribution in [3.8, 4) is 0 Å². The molecule has 0 unspecified atom stereocenters. The first kappa shape index (κ1) is 14.8. The summed E-state index contributed by atoms with van der Waals surface area (Å²) < 4.78 is 13.3. The molecule has 1 aliphatic rings. The van der Waals surface area contributed by atoms with E-state index < -0.39 is 0 Å². The Balaban J connectivity index is 1.75. The van der Waals surface area contributed by atoms with Crippen molar-refractivity contribution in [3.05, 3.63) is 34.6 Å². The van der Waals surface area contributed by atoms with E-state index in [4.69, 9.17) is 11.6 Å². The third kappa shape index (κ3) is 4.49. The number of hydrogen-bond acceptors (Lipinski definition) is 0. The van der Waals surface area contributed by atoms with Gasteiger partial charge in [0, 0.05) is 0 Å². The van der Waals surface area contributed by atoms with Crippen LogP contribution in [0.15, 0.2) is 18.2 Å². The van der Waals surface area contributed by atoms with Crippen LogP contribution in [0.2, 0.25) is 5.02 Å². The van der Waals surface area contributed by atoms with Gasteiger partial charge in [0.15, 0.2) is 0 Å². The minimum atomic E-state index is -0.286. The average Bonchev–Trinajstić information content (AvgIpc) is 2.42. The largest absolute Gasteiger partial charge is 0.205 e. The van der Waals surface area contributed by atoms with Crippen molar-refractivity contribution in [2.75, 3.05) is 0 Å². The van der Waals surface area contributed by atoms with Gasteiger partial charge in [-0.05, 0) is 42.4 Å². The van der Waals surface area contributed by atoms with Crippen LogP contribution in [0.4, 0.5) is 4.39 Å². The summed E-state index contributed by atoms with van der Waals surface area (Å²) in [4.78, 5) is 0. The lowest BCUT2D eigenvalue weighted by Gasteiger charge is -2.28. The van der Waals surface area contributed by atoms with Gasteiger partial charge in [-0.3, -0.25) is 0 Å². The third-order valence-corrected chi connectivity index (χ3v) is 4.80. The van der Waals surface area contributed by atoms with Gasteiger partial charge < -0.3 is 0 Å². The Morgan fingerprint density at radius 2 is 1.74 bits per heavy atom. The van der Waals surface area contributed by atoms with Gasteiger partial charge in [-0.2, -0.15) is 0 Å². The minimum absolute atomic E-state index is 0.226. The molecule has 19 heavy (non-hydrogen) atoms. The van der Waals surface area contributed by atoms with Gasteiger partial charge in [0.2, 0.25) is 0 Å². The molecule has 0 atom stereocenters. The molecule has 1 fully saturated rings. The van der Waals surface area contributed by atoms with Crippen molar-refractivity contribution in [1.82, 2.24) is 0 Å². The summed E-state index contributed by atoms with van der Waals surface area (Å²) in [5.41, 5.74) is 1.08. The van der Waals surface area contributed by atoms with Crippen LogP contribution in [-0.2, 0) is 6.42 Å². The highest BCUT2D eigenvalue weighted by atomic mass is 35.5. The minimum Gasteiger partial charge on any atom is -0.205 e. The normalized spacial score (nSPS) is 23.5. The summed E-state index contributed by atoms with van der Waals surface area (Å²) in [6.07, 6.45) is 10.4. The molecule has 0 saturated heterocycles. The van der Waals surface area contributed by atoms with Gasteiger partial charge in [-0.25, -0.2) is 4.39 Å². The fourth-order valence-corrected chi connectivity index (χ4v) is 3.40. The van der Waals surface area contributed by atoms with Gasteiger partial charge in [0.05, 0.1) is 5.02 Å². The second-order valence-corrected chi connectivity index (χ2v) is 6.37. The molecule has 1 aromatic rings. The van der Waals surface area contributed by atoms with Crippen molar-refractivity contribution in [3.63, 3.8) is 0 Å². The molecule has 0 heterocycles. The van der Waals surface area contributed by atoms with Crippen LogP contribution < -0.4 is 0 Å². The Labute approximate surface area is 121 Å². The molecule has 0 N–H and O–H groups in total. The van der Waals surface area contributed by atoms with Gasteiger partial charge in [-0.15, -0.1) is 0 Å². The SMILES string of the molecule is CCCC1CCC(CCc2ccc(Cl)c(F)c2)CC1. The molecule has 2 heteroatoms. The number of hydrogen-bond donors (Lipinski definition) is 0. The van der Waals surface area contributed by atoms with Crippen molar-refractivity contribution in [2.45, 2.75) is 58.3 Å². The Hall–Kier alpha value is -0.560. The second kappa shape index (κ2) is 7.28. The first-order valence-corrected chi connectivity index (χ1v) is 8.00. The quantitative estimate of drug-likeness (QED) is 0.619. The smallest absolute Gasteiger partial charge is 0.142 e. The number of benzene rings is 1. The number of aryl methyl sites for hydroxylation is 1. The van der Waals surface area contributed by atoms with E-state index >= 15 is 0 Å². The maximum Gasteiger partial charge on any atom is 0.142 e. The van der Waals surface area contributed by atoms with E-state index in [-0.39, 0.29) is 10.8 Å². The molecule has 2 rings (SSSR count). The van der Waals surface area contributed by atoms with E-state index in [1.165, 1.54) is 44.9 Å². The molecule has 0 radical (unpaired) electrons. The van der Waals surface area contributed by atoms with Crippen molar-refractivity contribution in [2.24, 2.45) is 11.8 Å². The molecule has 0 nitrogen and oxygen atoms in total. The van der Waals surface area contributed by atoms with E-state index in [2.05, 4.69) is 6.92 Å². The van der Waals surface area contributed by atoms with Gasteiger partial charge >= 0.3 is 0 Å². The van der Waals surface area contributed by atoms with Crippen LogP contribution >= 0.6 is 11.6 Å². The first-order chi connectivity index (χ1) is 9.19. The van der Waals surface area contributed by atoms with E-state index in [1.54, 1.807) is 12.1 Å². The van der Waals surface area contributed by atoms with Crippen LogP contribution in [0.3, 0.4) is 0 Å². The molecule has 1 aromatic carbocycles. The van der Waals surface area contributed by atoms with Crippen LogP contribution in [-0.4, -0.2) is 0 Å². The lowest BCUT2D eigenvalue weighted by Crippen LogP contribution is -2.15. The summed E-state index contributed by atoms with van der Waals surface area (Å²) in [5.74, 6) is 1.52. The highest BCUT2D eigenvalue weighted by molar-refractivity contribution is 6.30. The maximum absolute atomic E-state index is 13.3. The predicted molar refractivity (Wildman–Crippen MR) is 80.1 cm³/mol. The van der Waals surface area contributed by atoms with Crippen LogP contribution in [0, 0.1) is 17.7 Å². The molecule has 106 valence electrons. The van der Waals surface area contributed by atoms with Crippen LogP contribution in [0.25, 0.3) is 0 Å².